The van der Waals surface area contributed by atoms with Crippen molar-refractivity contribution in [3.8, 4) is 11.5 Å². The van der Waals surface area contributed by atoms with E-state index in [1.807, 2.05) is 6.92 Å². The summed E-state index contributed by atoms with van der Waals surface area (Å²) in [5.41, 5.74) is 1.68. The highest BCUT2D eigenvalue weighted by Gasteiger charge is 2.23. The molecule has 1 aromatic rings. The molecule has 1 aromatic carbocycles. The molecule has 1 rings (SSSR count). The van der Waals surface area contributed by atoms with Crippen LogP contribution in [0.4, 0.5) is 0 Å². The summed E-state index contributed by atoms with van der Waals surface area (Å²) in [6.07, 6.45) is 0.716. The molecule has 0 saturated heterocycles. The molecule has 0 aliphatic carbocycles. The minimum Gasteiger partial charge on any atom is -0.493 e. The highest BCUT2D eigenvalue weighted by Crippen LogP contribution is 2.42. The first kappa shape index (κ1) is 14.8. The number of carboxylic acids is 1. The van der Waals surface area contributed by atoms with Crippen LogP contribution in [0.25, 0.3) is 0 Å². The highest BCUT2D eigenvalue weighted by molar-refractivity contribution is 9.10. The summed E-state index contributed by atoms with van der Waals surface area (Å²) < 4.78 is 11.3. The average molecular weight is 317 g/mol. The van der Waals surface area contributed by atoms with Gasteiger partial charge in [-0.15, -0.1) is 0 Å². The largest absolute Gasteiger partial charge is 0.493 e. The molecule has 0 amide bonds. The van der Waals surface area contributed by atoms with Crippen LogP contribution in [0.15, 0.2) is 10.5 Å². The second-order valence-electron chi connectivity index (χ2n) is 3.91. The number of hydrogen-bond donors (Lipinski definition) is 1. The molecule has 0 saturated carbocycles. The van der Waals surface area contributed by atoms with E-state index in [4.69, 9.17) is 14.6 Å². The van der Waals surface area contributed by atoms with E-state index in [2.05, 4.69) is 15.9 Å². The fourth-order valence-electron chi connectivity index (χ4n) is 1.89. The molecule has 1 atom stereocenters. The second-order valence-corrected chi connectivity index (χ2v) is 4.70. The van der Waals surface area contributed by atoms with Crippen LogP contribution in [0.3, 0.4) is 0 Å². The van der Waals surface area contributed by atoms with Crippen LogP contribution in [0.2, 0.25) is 0 Å². The summed E-state index contributed by atoms with van der Waals surface area (Å²) in [7, 11) is 3.09. The molecule has 0 heterocycles. The number of hydrogen-bond acceptors (Lipinski definition) is 3. The van der Waals surface area contributed by atoms with Crippen molar-refractivity contribution in [2.75, 3.05) is 14.2 Å². The third kappa shape index (κ3) is 2.61. The minimum atomic E-state index is -0.858. The summed E-state index contributed by atoms with van der Waals surface area (Å²) in [4.78, 5) is 11.1. The van der Waals surface area contributed by atoms with Crippen molar-refractivity contribution in [2.24, 2.45) is 0 Å². The van der Waals surface area contributed by atoms with Crippen molar-refractivity contribution in [1.82, 2.24) is 0 Å². The van der Waals surface area contributed by atoms with Crippen LogP contribution >= 0.6 is 15.9 Å². The van der Waals surface area contributed by atoms with Crippen LogP contribution < -0.4 is 9.47 Å². The SMILES string of the molecule is CCc1c(C(C)C(=O)O)cc(OC)c(OC)c1Br. The Bertz CT molecular complexity index is 457. The standard InChI is InChI=1S/C13H17BrO4/c1-5-8-9(7(2)13(15)16)6-10(17-3)12(18-4)11(8)14/h6-7H,5H2,1-4H3,(H,15,16). The van der Waals surface area contributed by atoms with Gasteiger partial charge in [-0.05, 0) is 46.5 Å². The number of halogens is 1. The molecule has 0 fully saturated rings. The van der Waals surface area contributed by atoms with Crippen LogP contribution in [-0.4, -0.2) is 25.3 Å². The quantitative estimate of drug-likeness (QED) is 0.906. The molecular formula is C13H17BrO4. The Kier molecular flexibility index (Phi) is 5.02. The number of rotatable bonds is 5. The molecule has 0 aromatic heterocycles. The Morgan fingerprint density at radius 3 is 2.44 bits per heavy atom. The van der Waals surface area contributed by atoms with Gasteiger partial charge in [-0.3, -0.25) is 4.79 Å². The zero-order chi connectivity index (χ0) is 13.9. The fraction of sp³-hybridized carbons (Fsp3) is 0.462. The number of benzene rings is 1. The van der Waals surface area contributed by atoms with Gasteiger partial charge in [0.05, 0.1) is 24.6 Å². The Morgan fingerprint density at radius 1 is 1.44 bits per heavy atom. The molecule has 1 N–H and O–H groups in total. The van der Waals surface area contributed by atoms with Crippen molar-refractivity contribution in [3.05, 3.63) is 21.7 Å². The van der Waals surface area contributed by atoms with Crippen molar-refractivity contribution in [2.45, 2.75) is 26.2 Å². The van der Waals surface area contributed by atoms with Crippen LogP contribution in [0, 0.1) is 0 Å². The first-order valence-corrected chi connectivity index (χ1v) is 6.43. The molecule has 0 aliphatic heterocycles. The van der Waals surface area contributed by atoms with E-state index in [-0.39, 0.29) is 0 Å². The molecule has 0 aliphatic rings. The molecule has 18 heavy (non-hydrogen) atoms. The molecule has 0 bridgehead atoms. The Labute approximate surface area is 115 Å². The number of ether oxygens (including phenoxy) is 2. The van der Waals surface area contributed by atoms with Crippen molar-refractivity contribution in [1.29, 1.82) is 0 Å². The maximum atomic E-state index is 11.1. The first-order valence-electron chi connectivity index (χ1n) is 5.63. The van der Waals surface area contributed by atoms with Gasteiger partial charge < -0.3 is 14.6 Å². The average Bonchev–Trinajstić information content (AvgIpc) is 2.36. The minimum absolute atomic E-state index is 0.532. The van der Waals surface area contributed by atoms with E-state index in [1.165, 1.54) is 7.11 Å². The molecule has 0 spiro atoms. The van der Waals surface area contributed by atoms with Gasteiger partial charge >= 0.3 is 5.97 Å². The van der Waals surface area contributed by atoms with Crippen LogP contribution in [0.1, 0.15) is 30.9 Å². The van der Waals surface area contributed by atoms with E-state index in [0.29, 0.717) is 17.9 Å². The molecular weight excluding hydrogens is 300 g/mol. The van der Waals surface area contributed by atoms with Crippen LogP contribution in [-0.2, 0) is 11.2 Å². The lowest BCUT2D eigenvalue weighted by Gasteiger charge is -2.19. The van der Waals surface area contributed by atoms with Gasteiger partial charge in [-0.1, -0.05) is 6.92 Å². The topological polar surface area (TPSA) is 55.8 Å². The number of aliphatic carboxylic acids is 1. The Hall–Kier alpha value is -1.23. The summed E-state index contributed by atoms with van der Waals surface area (Å²) in [6.45, 7) is 3.64. The van der Waals surface area contributed by atoms with E-state index in [0.717, 1.165) is 15.6 Å². The first-order chi connectivity index (χ1) is 8.47. The van der Waals surface area contributed by atoms with Crippen molar-refractivity contribution < 1.29 is 19.4 Å². The van der Waals surface area contributed by atoms with Crippen molar-refractivity contribution in [3.63, 3.8) is 0 Å². The van der Waals surface area contributed by atoms with E-state index in [1.54, 1.807) is 20.1 Å². The lowest BCUT2D eigenvalue weighted by Crippen LogP contribution is -2.11. The number of carboxylic acid groups (broad SMARTS) is 1. The predicted molar refractivity (Wildman–Crippen MR) is 72.7 cm³/mol. The smallest absolute Gasteiger partial charge is 0.310 e. The molecule has 0 radical (unpaired) electrons. The van der Waals surface area contributed by atoms with E-state index >= 15 is 0 Å². The summed E-state index contributed by atoms with van der Waals surface area (Å²) in [5.74, 6) is -0.319. The zero-order valence-electron chi connectivity index (χ0n) is 10.9. The van der Waals surface area contributed by atoms with Gasteiger partial charge in [0, 0.05) is 0 Å². The van der Waals surface area contributed by atoms with Crippen LogP contribution in [0.5, 0.6) is 11.5 Å². The van der Waals surface area contributed by atoms with E-state index in [9.17, 15) is 4.79 Å². The maximum Gasteiger partial charge on any atom is 0.310 e. The van der Waals surface area contributed by atoms with Gasteiger partial charge in [-0.25, -0.2) is 0 Å². The zero-order valence-corrected chi connectivity index (χ0v) is 12.5. The summed E-state index contributed by atoms with van der Waals surface area (Å²) >= 11 is 3.46. The molecule has 5 heteroatoms. The fourth-order valence-corrected chi connectivity index (χ4v) is 2.75. The third-order valence-electron chi connectivity index (χ3n) is 2.94. The predicted octanol–water partition coefficient (Wildman–Crippen LogP) is 3.22. The number of carbonyl (C=O) groups is 1. The number of methoxy groups -OCH3 is 2. The van der Waals surface area contributed by atoms with Gasteiger partial charge in [0.1, 0.15) is 0 Å². The van der Waals surface area contributed by atoms with Gasteiger partial charge in [0.25, 0.3) is 0 Å². The lowest BCUT2D eigenvalue weighted by molar-refractivity contribution is -0.138. The summed E-state index contributed by atoms with van der Waals surface area (Å²) in [5, 5.41) is 9.15. The van der Waals surface area contributed by atoms with E-state index < -0.39 is 11.9 Å². The molecule has 100 valence electrons. The van der Waals surface area contributed by atoms with Gasteiger partial charge in [0.2, 0.25) is 0 Å². The molecule has 4 nitrogen and oxygen atoms in total. The molecule has 1 unspecified atom stereocenters. The van der Waals surface area contributed by atoms with Gasteiger partial charge in [-0.2, -0.15) is 0 Å². The Balaban J connectivity index is 3.51. The maximum absolute atomic E-state index is 11.1. The van der Waals surface area contributed by atoms with Gasteiger partial charge in [0.15, 0.2) is 11.5 Å². The Morgan fingerprint density at radius 2 is 2.06 bits per heavy atom. The lowest BCUT2D eigenvalue weighted by atomic mass is 9.93. The summed E-state index contributed by atoms with van der Waals surface area (Å²) in [6, 6.07) is 1.74. The monoisotopic (exact) mass is 316 g/mol. The highest BCUT2D eigenvalue weighted by atomic mass is 79.9. The van der Waals surface area contributed by atoms with Crippen molar-refractivity contribution >= 4 is 21.9 Å². The normalized spacial score (nSPS) is 12.1. The second kappa shape index (κ2) is 6.09. The third-order valence-corrected chi connectivity index (χ3v) is 3.78.